The highest BCUT2D eigenvalue weighted by Gasteiger charge is 2.71. The fourth-order valence-corrected chi connectivity index (χ4v) is 12.4. The fourth-order valence-electron chi connectivity index (χ4n) is 12.0. The summed E-state index contributed by atoms with van der Waals surface area (Å²) in [5, 5.41) is 0. The molecular weight excluding hydrogens is 435 g/mol. The van der Waals surface area contributed by atoms with E-state index in [1.165, 1.54) is 56.9 Å². The zero-order valence-corrected chi connectivity index (χ0v) is 24.3. The van der Waals surface area contributed by atoms with Crippen LogP contribution in [0.15, 0.2) is 12.2 Å². The third-order valence-electron chi connectivity index (χ3n) is 13.9. The van der Waals surface area contributed by atoms with Gasteiger partial charge in [0.2, 0.25) is 0 Å². The number of allylic oxidation sites excluding steroid dienone is 1. The van der Waals surface area contributed by atoms with Crippen LogP contribution < -0.4 is 0 Å². The summed E-state index contributed by atoms with van der Waals surface area (Å²) in [5.74, 6) is 3.70. The second kappa shape index (κ2) is 7.90. The first-order chi connectivity index (χ1) is 15.8. The molecule has 5 aliphatic carbocycles. The van der Waals surface area contributed by atoms with E-state index in [2.05, 4.69) is 57.6 Å². The van der Waals surface area contributed by atoms with Crippen molar-refractivity contribution in [1.29, 1.82) is 0 Å². The Morgan fingerprint density at radius 3 is 2.15 bits per heavy atom. The molecule has 0 heterocycles. The Kier molecular flexibility index (Phi) is 5.91. The van der Waals surface area contributed by atoms with Crippen LogP contribution in [0.2, 0.25) is 0 Å². The Morgan fingerprint density at radius 2 is 1.53 bits per heavy atom. The van der Waals surface area contributed by atoms with E-state index in [4.69, 9.17) is 4.52 Å². The monoisotopic (exact) mass is 486 g/mol. The molecule has 0 aromatic heterocycles. The highest BCUT2D eigenvalue weighted by molar-refractivity contribution is 7.09. The fraction of sp³-hybridized carbons (Fsp3) is 0.903. The molecule has 0 aliphatic heterocycles. The van der Waals surface area contributed by atoms with Crippen molar-refractivity contribution < 1.29 is 9.32 Å². The number of ketones is 1. The second-order valence-electron chi connectivity index (χ2n) is 14.9. The Hall–Kier alpha value is -0.200. The van der Waals surface area contributed by atoms with Gasteiger partial charge in [0.1, 0.15) is 5.78 Å². The smallest absolute Gasteiger partial charge is 0.136 e. The number of carbonyl (C=O) groups excluding carboxylic acids is 1. The predicted molar refractivity (Wildman–Crippen MR) is 144 cm³/mol. The number of Topliss-reactive ketones (excluding diaryl/α,β-unsaturated/α-hetero) is 1. The van der Waals surface area contributed by atoms with E-state index in [0.717, 1.165) is 24.7 Å². The van der Waals surface area contributed by atoms with Gasteiger partial charge in [-0.1, -0.05) is 46.8 Å². The Morgan fingerprint density at radius 1 is 0.824 bits per heavy atom. The van der Waals surface area contributed by atoms with Gasteiger partial charge >= 0.3 is 0 Å². The van der Waals surface area contributed by atoms with Gasteiger partial charge in [-0.15, -0.1) is 0 Å². The van der Waals surface area contributed by atoms with Crippen LogP contribution in [0.25, 0.3) is 0 Å². The summed E-state index contributed by atoms with van der Waals surface area (Å²) in [6.07, 6.45) is 12.8. The SMILES string of the molecule is C=C(C)C1CC[C@]2(C(C)=O)CC[C@]3(C)[C@H](CC[C@@H]4[C@@]5(C)CC[C@H](OP)C(C)(C)[C@@H]5CC[C@]43C)C12. The average molecular weight is 487 g/mol. The number of fused-ring (bicyclic) bond motifs is 7. The van der Waals surface area contributed by atoms with E-state index in [9.17, 15) is 4.79 Å². The van der Waals surface area contributed by atoms with Gasteiger partial charge in [-0.2, -0.15) is 0 Å². The van der Waals surface area contributed by atoms with Crippen molar-refractivity contribution in [1.82, 2.24) is 0 Å². The van der Waals surface area contributed by atoms with E-state index < -0.39 is 0 Å². The molecule has 5 saturated carbocycles. The van der Waals surface area contributed by atoms with Gasteiger partial charge in [0.25, 0.3) is 0 Å². The topological polar surface area (TPSA) is 26.3 Å². The van der Waals surface area contributed by atoms with Crippen LogP contribution >= 0.6 is 9.47 Å². The molecule has 2 nitrogen and oxygen atoms in total. The molecule has 5 rings (SSSR count). The molecule has 0 aromatic rings. The van der Waals surface area contributed by atoms with Gasteiger partial charge in [0.05, 0.1) is 6.10 Å². The molecule has 5 aliphatic rings. The molecule has 34 heavy (non-hydrogen) atoms. The lowest BCUT2D eigenvalue weighted by Crippen LogP contribution is -2.67. The van der Waals surface area contributed by atoms with E-state index >= 15 is 0 Å². The van der Waals surface area contributed by atoms with Crippen LogP contribution in [0, 0.1) is 56.7 Å². The van der Waals surface area contributed by atoms with Gasteiger partial charge in [0, 0.05) is 14.9 Å². The zero-order valence-electron chi connectivity index (χ0n) is 23.1. The first-order valence-electron chi connectivity index (χ1n) is 14.3. The van der Waals surface area contributed by atoms with Crippen molar-refractivity contribution in [3.8, 4) is 0 Å². The minimum Gasteiger partial charge on any atom is -0.362 e. The first kappa shape index (κ1) is 25.4. The molecule has 0 bridgehead atoms. The minimum absolute atomic E-state index is 0.0751. The van der Waals surface area contributed by atoms with E-state index in [-0.39, 0.29) is 10.8 Å². The number of rotatable bonds is 3. The van der Waals surface area contributed by atoms with Gasteiger partial charge in [-0.05, 0) is 129 Å². The lowest BCUT2D eigenvalue weighted by atomic mass is 9.32. The maximum atomic E-state index is 13.2. The Labute approximate surface area is 212 Å². The summed E-state index contributed by atoms with van der Waals surface area (Å²) in [6.45, 7) is 21.6. The van der Waals surface area contributed by atoms with Crippen molar-refractivity contribution in [2.75, 3.05) is 0 Å². The van der Waals surface area contributed by atoms with Gasteiger partial charge in [-0.25, -0.2) is 0 Å². The summed E-state index contributed by atoms with van der Waals surface area (Å²) in [7, 11) is 2.57. The minimum atomic E-state index is -0.0751. The van der Waals surface area contributed by atoms with Crippen LogP contribution in [0.4, 0.5) is 0 Å². The lowest BCUT2D eigenvalue weighted by Gasteiger charge is -2.73. The molecule has 192 valence electrons. The first-order valence-corrected chi connectivity index (χ1v) is 14.8. The predicted octanol–water partition coefficient (Wildman–Crippen LogP) is 8.41. The molecule has 11 atom stereocenters. The van der Waals surface area contributed by atoms with Crippen LogP contribution in [0.5, 0.6) is 0 Å². The van der Waals surface area contributed by atoms with Crippen LogP contribution in [-0.4, -0.2) is 11.9 Å². The highest BCUT2D eigenvalue weighted by Crippen LogP contribution is 2.77. The van der Waals surface area contributed by atoms with Crippen molar-refractivity contribution in [3.05, 3.63) is 12.2 Å². The second-order valence-corrected chi connectivity index (χ2v) is 15.2. The maximum Gasteiger partial charge on any atom is 0.136 e. The van der Waals surface area contributed by atoms with Gasteiger partial charge in [0.15, 0.2) is 0 Å². The highest BCUT2D eigenvalue weighted by atomic mass is 31.0. The van der Waals surface area contributed by atoms with E-state index in [0.29, 0.717) is 45.9 Å². The number of hydrogen-bond acceptors (Lipinski definition) is 2. The summed E-state index contributed by atoms with van der Waals surface area (Å²) in [6, 6.07) is 0. The molecule has 0 amide bonds. The zero-order chi connectivity index (χ0) is 24.9. The van der Waals surface area contributed by atoms with Crippen LogP contribution in [0.1, 0.15) is 113 Å². The largest absolute Gasteiger partial charge is 0.362 e. The van der Waals surface area contributed by atoms with Gasteiger partial charge < -0.3 is 4.52 Å². The quantitative estimate of drug-likeness (QED) is 0.296. The molecule has 0 aromatic carbocycles. The summed E-state index contributed by atoms with van der Waals surface area (Å²) in [4.78, 5) is 13.2. The summed E-state index contributed by atoms with van der Waals surface area (Å²) in [5.41, 5.74) is 2.55. The molecule has 0 saturated heterocycles. The number of carbonyl (C=O) groups is 1. The third kappa shape index (κ3) is 2.97. The molecular formula is C31H51O2P. The van der Waals surface area contributed by atoms with Crippen molar-refractivity contribution in [2.24, 2.45) is 56.7 Å². The normalized spacial score (nSPS) is 53.8. The molecule has 5 fully saturated rings. The van der Waals surface area contributed by atoms with Crippen molar-refractivity contribution in [3.63, 3.8) is 0 Å². The molecule has 0 spiro atoms. The summed E-state index contributed by atoms with van der Waals surface area (Å²) >= 11 is 0. The molecule has 0 radical (unpaired) electrons. The molecule has 3 unspecified atom stereocenters. The van der Waals surface area contributed by atoms with Crippen LogP contribution in [0.3, 0.4) is 0 Å². The maximum absolute atomic E-state index is 13.2. The van der Waals surface area contributed by atoms with E-state index in [1.54, 1.807) is 0 Å². The van der Waals surface area contributed by atoms with Crippen molar-refractivity contribution in [2.45, 2.75) is 119 Å². The molecule has 3 heteroatoms. The van der Waals surface area contributed by atoms with Gasteiger partial charge in [-0.3, -0.25) is 4.79 Å². The van der Waals surface area contributed by atoms with Crippen molar-refractivity contribution >= 4 is 15.2 Å². The Bertz CT molecular complexity index is 879. The Balaban J connectivity index is 1.55. The number of hydrogen-bond donors (Lipinski definition) is 0. The standard InChI is InChI=1S/C31H51O2P/c1-19(2)21-11-16-31(20(3)32)18-17-29(7)22(26(21)31)9-10-24-28(6)14-13-25(33-34)27(4,5)23(28)12-15-30(24,29)8/h21-26H,1,9-18,34H2,2-8H3/t21?,22-,23+,24-,25+,26?,28+,29-,30-,31-/m1/s1. The summed E-state index contributed by atoms with van der Waals surface area (Å²) < 4.78 is 5.96. The van der Waals surface area contributed by atoms with Crippen LogP contribution in [-0.2, 0) is 9.32 Å². The third-order valence-corrected chi connectivity index (χ3v) is 14.2. The molecule has 0 N–H and O–H groups in total. The lowest BCUT2D eigenvalue weighted by molar-refractivity contribution is -0.243. The van der Waals surface area contributed by atoms with E-state index in [1.807, 2.05) is 6.92 Å². The average Bonchev–Trinajstić information content (AvgIpc) is 3.15.